The van der Waals surface area contributed by atoms with Gasteiger partial charge < -0.3 is 0 Å². The van der Waals surface area contributed by atoms with Gasteiger partial charge in [0.05, 0.1) is 28.6 Å². The maximum Gasteiger partial charge on any atom is 0.262 e. The molecular formula is C17H10ClF2N3O2S. The maximum absolute atomic E-state index is 14.1. The molecule has 0 saturated carbocycles. The predicted octanol–water partition coefficient (Wildman–Crippen LogP) is 4.03. The molecule has 0 fully saturated rings. The maximum atomic E-state index is 14.1. The number of rotatable bonds is 4. The van der Waals surface area contributed by atoms with Crippen molar-refractivity contribution in [3.8, 4) is 6.07 Å². The van der Waals surface area contributed by atoms with E-state index in [1.165, 1.54) is 30.5 Å². The summed E-state index contributed by atoms with van der Waals surface area (Å²) in [6.45, 7) is 0. The summed E-state index contributed by atoms with van der Waals surface area (Å²) in [5.41, 5.74) is -0.364. The summed E-state index contributed by atoms with van der Waals surface area (Å²) < 4.78 is 55.4. The van der Waals surface area contributed by atoms with Crippen molar-refractivity contribution < 1.29 is 17.2 Å². The Bertz CT molecular complexity index is 1160. The Labute approximate surface area is 152 Å². The summed E-state index contributed by atoms with van der Waals surface area (Å²) in [7, 11) is -4.22. The summed E-state index contributed by atoms with van der Waals surface area (Å²) in [6, 6.07) is 8.93. The molecule has 1 aromatic heterocycles. The summed E-state index contributed by atoms with van der Waals surface area (Å²) in [6.07, 6.45) is 0.950. The Morgan fingerprint density at radius 2 is 1.92 bits per heavy atom. The third kappa shape index (κ3) is 3.45. The Kier molecular flexibility index (Phi) is 4.76. The number of benzene rings is 2. The summed E-state index contributed by atoms with van der Waals surface area (Å²) in [5, 5.41) is 9.26. The van der Waals surface area contributed by atoms with Gasteiger partial charge in [-0.05, 0) is 30.3 Å². The predicted molar refractivity (Wildman–Crippen MR) is 93.2 cm³/mol. The van der Waals surface area contributed by atoms with Gasteiger partial charge in [0.2, 0.25) is 0 Å². The van der Waals surface area contributed by atoms with Gasteiger partial charge in [-0.15, -0.1) is 0 Å². The lowest BCUT2D eigenvalue weighted by Gasteiger charge is -2.12. The fourth-order valence-electron chi connectivity index (χ4n) is 2.42. The lowest BCUT2D eigenvalue weighted by atomic mass is 10.1. The topological polar surface area (TPSA) is 82.9 Å². The molecular weight excluding hydrogens is 384 g/mol. The zero-order valence-electron chi connectivity index (χ0n) is 13.0. The molecule has 0 bridgehead atoms. The first-order valence-electron chi connectivity index (χ1n) is 7.24. The number of hydrogen-bond acceptors (Lipinski definition) is 4. The van der Waals surface area contributed by atoms with Crippen LogP contribution in [-0.2, 0) is 16.4 Å². The van der Waals surface area contributed by atoms with Gasteiger partial charge in [-0.3, -0.25) is 9.71 Å². The fraction of sp³-hybridized carbons (Fsp3) is 0.0588. The summed E-state index contributed by atoms with van der Waals surface area (Å²) in [5.74, 6) is -1.86. The zero-order valence-corrected chi connectivity index (χ0v) is 14.6. The highest BCUT2D eigenvalue weighted by Crippen LogP contribution is 2.27. The largest absolute Gasteiger partial charge is 0.277 e. The van der Waals surface area contributed by atoms with Crippen LogP contribution in [0.3, 0.4) is 0 Å². The van der Waals surface area contributed by atoms with Crippen molar-refractivity contribution in [2.45, 2.75) is 11.3 Å². The minimum Gasteiger partial charge on any atom is -0.277 e. The third-order valence-corrected chi connectivity index (χ3v) is 5.26. The van der Waals surface area contributed by atoms with E-state index in [0.717, 1.165) is 6.07 Å². The van der Waals surface area contributed by atoms with Crippen molar-refractivity contribution in [1.82, 2.24) is 4.98 Å². The van der Waals surface area contributed by atoms with Gasteiger partial charge in [0.1, 0.15) is 11.6 Å². The highest BCUT2D eigenvalue weighted by molar-refractivity contribution is 7.93. The van der Waals surface area contributed by atoms with Gasteiger partial charge >= 0.3 is 0 Å². The van der Waals surface area contributed by atoms with Gasteiger partial charge in [-0.25, -0.2) is 17.2 Å². The quantitative estimate of drug-likeness (QED) is 0.725. The molecule has 3 rings (SSSR count). The van der Waals surface area contributed by atoms with E-state index in [0.29, 0.717) is 16.6 Å². The number of nitriles is 1. The van der Waals surface area contributed by atoms with Crippen LogP contribution in [0.5, 0.6) is 0 Å². The highest BCUT2D eigenvalue weighted by atomic mass is 35.5. The highest BCUT2D eigenvalue weighted by Gasteiger charge is 2.21. The number of fused-ring (bicyclic) bond motifs is 1. The lowest BCUT2D eigenvalue weighted by molar-refractivity contribution is 0.589. The van der Waals surface area contributed by atoms with Crippen LogP contribution in [0, 0.1) is 23.0 Å². The molecule has 0 amide bonds. The summed E-state index contributed by atoms with van der Waals surface area (Å²) in [4.78, 5) is 3.89. The summed E-state index contributed by atoms with van der Waals surface area (Å²) >= 11 is 5.87. The molecule has 0 saturated heterocycles. The Morgan fingerprint density at radius 1 is 1.15 bits per heavy atom. The van der Waals surface area contributed by atoms with Gasteiger partial charge in [0.25, 0.3) is 10.0 Å². The molecule has 5 nitrogen and oxygen atoms in total. The number of anilines is 1. The molecule has 0 unspecified atom stereocenters. The SMILES string of the molecule is N#CCc1cc(F)c(NS(=O)(=O)c2ccnc3cc(Cl)ccc23)cc1F. The molecule has 0 radical (unpaired) electrons. The van der Waals surface area contributed by atoms with Crippen LogP contribution in [0.25, 0.3) is 10.9 Å². The first-order chi connectivity index (χ1) is 12.3. The van der Waals surface area contributed by atoms with Gasteiger partial charge in [0, 0.05) is 28.2 Å². The monoisotopic (exact) mass is 393 g/mol. The van der Waals surface area contributed by atoms with E-state index in [4.69, 9.17) is 16.9 Å². The number of sulfonamides is 1. The number of nitrogens with one attached hydrogen (secondary N) is 1. The van der Waals surface area contributed by atoms with E-state index in [2.05, 4.69) is 4.98 Å². The van der Waals surface area contributed by atoms with Crippen molar-refractivity contribution in [2.24, 2.45) is 0 Å². The van der Waals surface area contributed by atoms with E-state index in [1.807, 2.05) is 4.72 Å². The van der Waals surface area contributed by atoms with Crippen LogP contribution in [0.4, 0.5) is 14.5 Å². The zero-order chi connectivity index (χ0) is 18.9. The standard InChI is InChI=1S/C17H10ClF2N3O2S/c18-11-1-2-12-15(8-11)22-6-4-17(12)26(24,25)23-16-9-13(19)10(3-5-21)7-14(16)20/h1-2,4,6-9,23H,3H2. The molecule has 1 heterocycles. The van der Waals surface area contributed by atoms with Crippen LogP contribution in [0.15, 0.2) is 47.5 Å². The normalized spacial score (nSPS) is 11.3. The molecule has 132 valence electrons. The molecule has 1 N–H and O–H groups in total. The number of halogens is 3. The Hall–Kier alpha value is -2.76. The van der Waals surface area contributed by atoms with Crippen LogP contribution in [0.2, 0.25) is 5.02 Å². The smallest absolute Gasteiger partial charge is 0.262 e. The van der Waals surface area contributed by atoms with E-state index in [9.17, 15) is 17.2 Å². The second-order valence-electron chi connectivity index (χ2n) is 5.33. The Morgan fingerprint density at radius 3 is 2.65 bits per heavy atom. The molecule has 26 heavy (non-hydrogen) atoms. The fourth-order valence-corrected chi connectivity index (χ4v) is 3.84. The molecule has 9 heteroatoms. The number of hydrogen-bond donors (Lipinski definition) is 1. The molecule has 0 spiro atoms. The van der Waals surface area contributed by atoms with Gasteiger partial charge in [-0.1, -0.05) is 11.6 Å². The van der Waals surface area contributed by atoms with Crippen molar-refractivity contribution in [3.63, 3.8) is 0 Å². The van der Waals surface area contributed by atoms with Crippen LogP contribution in [0.1, 0.15) is 5.56 Å². The van der Waals surface area contributed by atoms with E-state index >= 15 is 0 Å². The second kappa shape index (κ2) is 6.86. The van der Waals surface area contributed by atoms with Crippen LogP contribution >= 0.6 is 11.6 Å². The number of nitrogens with zero attached hydrogens (tertiary/aromatic N) is 2. The molecule has 0 aliphatic heterocycles. The van der Waals surface area contributed by atoms with Gasteiger partial charge in [0.15, 0.2) is 0 Å². The van der Waals surface area contributed by atoms with Crippen molar-refractivity contribution in [1.29, 1.82) is 5.26 Å². The van der Waals surface area contributed by atoms with Crippen molar-refractivity contribution in [3.05, 3.63) is 64.8 Å². The first kappa shape index (κ1) is 18.0. The molecule has 0 aliphatic carbocycles. The number of pyridine rings is 1. The lowest BCUT2D eigenvalue weighted by Crippen LogP contribution is -2.15. The van der Waals surface area contributed by atoms with Crippen LogP contribution < -0.4 is 4.72 Å². The average molecular weight is 394 g/mol. The molecule has 0 atom stereocenters. The van der Waals surface area contributed by atoms with E-state index in [1.54, 1.807) is 6.07 Å². The number of aromatic nitrogens is 1. The minimum absolute atomic E-state index is 0.153. The molecule has 2 aromatic carbocycles. The average Bonchev–Trinajstić information content (AvgIpc) is 2.58. The first-order valence-corrected chi connectivity index (χ1v) is 9.10. The Balaban J connectivity index is 2.06. The molecule has 3 aromatic rings. The van der Waals surface area contributed by atoms with E-state index < -0.39 is 27.3 Å². The minimum atomic E-state index is -4.22. The second-order valence-corrected chi connectivity index (χ2v) is 7.42. The molecule has 0 aliphatic rings. The van der Waals surface area contributed by atoms with Crippen LogP contribution in [-0.4, -0.2) is 13.4 Å². The van der Waals surface area contributed by atoms with Crippen molar-refractivity contribution in [2.75, 3.05) is 4.72 Å². The van der Waals surface area contributed by atoms with E-state index in [-0.39, 0.29) is 22.3 Å². The van der Waals surface area contributed by atoms with Gasteiger partial charge in [-0.2, -0.15) is 5.26 Å². The third-order valence-electron chi connectivity index (χ3n) is 3.60. The van der Waals surface area contributed by atoms with Crippen molar-refractivity contribution >= 4 is 38.2 Å².